The normalized spacial score (nSPS) is 30.4. The summed E-state index contributed by atoms with van der Waals surface area (Å²) in [6, 6.07) is 0.561. The minimum Gasteiger partial charge on any atom is -0.379 e. The minimum atomic E-state index is -0.351. The van der Waals surface area contributed by atoms with E-state index in [1.165, 1.54) is 0 Å². The molecule has 9 nitrogen and oxygen atoms in total. The Morgan fingerprint density at radius 3 is 2.79 bits per heavy atom. The van der Waals surface area contributed by atoms with Gasteiger partial charge in [-0.1, -0.05) is 0 Å². The standard InChI is InChI=1S/C17H28N6O3.2ClH/c24-15(19-10-14-20-16(25)22-21-14)17-3-1-13(23-5-7-26-8-6-23)9-12(17)2-4-18-11-17;;/h12-13,18H,1-11H2,(H,19,24)(H2,20,21,22,25);2*1H/t12-,13-,17-;;/m1../s1. The summed E-state index contributed by atoms with van der Waals surface area (Å²) in [5.41, 5.74) is -0.701. The second-order valence-electron chi connectivity index (χ2n) is 7.70. The van der Waals surface area contributed by atoms with Crippen molar-refractivity contribution in [3.8, 4) is 0 Å². The molecular weight excluding hydrogens is 407 g/mol. The second kappa shape index (κ2) is 10.1. The molecule has 0 aromatic carbocycles. The van der Waals surface area contributed by atoms with Crippen LogP contribution in [0.1, 0.15) is 31.5 Å². The van der Waals surface area contributed by atoms with Gasteiger partial charge in [0.15, 0.2) is 0 Å². The maximum absolute atomic E-state index is 13.1. The highest BCUT2D eigenvalue weighted by molar-refractivity contribution is 5.85. The molecule has 1 aromatic heterocycles. The van der Waals surface area contributed by atoms with Crippen LogP contribution >= 0.6 is 24.8 Å². The lowest BCUT2D eigenvalue weighted by Gasteiger charge is -2.50. The van der Waals surface area contributed by atoms with Crippen molar-refractivity contribution in [2.24, 2.45) is 11.3 Å². The summed E-state index contributed by atoms with van der Waals surface area (Å²) in [4.78, 5) is 29.4. The van der Waals surface area contributed by atoms with E-state index in [4.69, 9.17) is 4.74 Å². The first-order chi connectivity index (χ1) is 12.7. The van der Waals surface area contributed by atoms with Crippen LogP contribution in [-0.2, 0) is 16.1 Å². The number of halogens is 2. The van der Waals surface area contributed by atoms with Crippen LogP contribution in [0.4, 0.5) is 0 Å². The smallest absolute Gasteiger partial charge is 0.340 e. The van der Waals surface area contributed by atoms with Gasteiger partial charge in [-0.15, -0.1) is 24.8 Å². The highest BCUT2D eigenvalue weighted by Crippen LogP contribution is 2.46. The number of fused-ring (bicyclic) bond motifs is 1. The van der Waals surface area contributed by atoms with Gasteiger partial charge >= 0.3 is 5.69 Å². The van der Waals surface area contributed by atoms with Crippen LogP contribution in [0.3, 0.4) is 0 Å². The molecule has 1 saturated carbocycles. The molecule has 1 amide bonds. The number of nitrogens with zero attached hydrogens (tertiary/aromatic N) is 2. The van der Waals surface area contributed by atoms with Gasteiger partial charge in [0.2, 0.25) is 5.91 Å². The summed E-state index contributed by atoms with van der Waals surface area (Å²) in [6.45, 7) is 5.59. The zero-order valence-corrected chi connectivity index (χ0v) is 17.5. The number of carbonyl (C=O) groups excluding carboxylic acids is 1. The van der Waals surface area contributed by atoms with E-state index in [9.17, 15) is 9.59 Å². The van der Waals surface area contributed by atoms with E-state index in [1.54, 1.807) is 0 Å². The maximum atomic E-state index is 13.1. The van der Waals surface area contributed by atoms with Crippen molar-refractivity contribution in [2.75, 3.05) is 39.4 Å². The van der Waals surface area contributed by atoms with Crippen LogP contribution in [-0.4, -0.2) is 71.4 Å². The molecule has 3 aliphatic rings. The predicted octanol–water partition coefficient (Wildman–Crippen LogP) is 0.0384. The van der Waals surface area contributed by atoms with Crippen molar-refractivity contribution in [3.63, 3.8) is 0 Å². The van der Waals surface area contributed by atoms with Gasteiger partial charge in [-0.3, -0.25) is 14.7 Å². The predicted molar refractivity (Wildman–Crippen MR) is 109 cm³/mol. The number of ether oxygens (including phenoxy) is 1. The fraction of sp³-hybridized carbons (Fsp3) is 0.824. The van der Waals surface area contributed by atoms with Crippen molar-refractivity contribution >= 4 is 30.7 Å². The third-order valence-electron chi connectivity index (χ3n) is 6.35. The van der Waals surface area contributed by atoms with E-state index in [1.807, 2.05) is 0 Å². The zero-order chi connectivity index (χ0) is 18.0. The Morgan fingerprint density at radius 1 is 1.29 bits per heavy atom. The molecule has 3 atom stereocenters. The number of morpholine rings is 1. The number of H-pyrrole nitrogens is 2. The van der Waals surface area contributed by atoms with Gasteiger partial charge in [-0.05, 0) is 38.1 Å². The van der Waals surface area contributed by atoms with Crippen molar-refractivity contribution in [1.82, 2.24) is 30.7 Å². The Hall–Kier alpha value is -1.13. The minimum absolute atomic E-state index is 0. The lowest BCUT2D eigenvalue weighted by molar-refractivity contribution is -0.140. The molecule has 1 aliphatic carbocycles. The first-order valence-corrected chi connectivity index (χ1v) is 9.62. The fourth-order valence-corrected chi connectivity index (χ4v) is 4.90. The molecule has 160 valence electrons. The average molecular weight is 437 g/mol. The molecule has 2 aliphatic heterocycles. The fourth-order valence-electron chi connectivity index (χ4n) is 4.90. The number of carbonyl (C=O) groups is 1. The summed E-state index contributed by atoms with van der Waals surface area (Å²) in [7, 11) is 0. The average Bonchev–Trinajstić information content (AvgIpc) is 3.11. The van der Waals surface area contributed by atoms with Crippen LogP contribution in [0.5, 0.6) is 0 Å². The Kier molecular flexibility index (Phi) is 8.32. The number of nitrogens with one attached hydrogen (secondary N) is 4. The molecule has 0 bridgehead atoms. The Balaban J connectivity index is 0.00000140. The zero-order valence-electron chi connectivity index (χ0n) is 15.9. The topological polar surface area (TPSA) is 115 Å². The van der Waals surface area contributed by atoms with Crippen LogP contribution in [0.15, 0.2) is 4.79 Å². The van der Waals surface area contributed by atoms with Crippen molar-refractivity contribution in [1.29, 1.82) is 0 Å². The first-order valence-electron chi connectivity index (χ1n) is 9.62. The third-order valence-corrected chi connectivity index (χ3v) is 6.35. The highest BCUT2D eigenvalue weighted by Gasteiger charge is 2.50. The molecule has 0 spiro atoms. The second-order valence-corrected chi connectivity index (χ2v) is 7.70. The molecule has 4 N–H and O–H groups in total. The lowest BCUT2D eigenvalue weighted by atomic mass is 9.61. The molecule has 0 radical (unpaired) electrons. The first kappa shape index (κ1) is 23.2. The monoisotopic (exact) mass is 436 g/mol. The van der Waals surface area contributed by atoms with E-state index in [0.29, 0.717) is 17.8 Å². The van der Waals surface area contributed by atoms with Gasteiger partial charge in [-0.2, -0.15) is 5.10 Å². The summed E-state index contributed by atoms with van der Waals surface area (Å²) in [5.74, 6) is 0.935. The SMILES string of the molecule is Cl.Cl.O=C(NCc1n[nH]c(=O)[nH]1)[C@@]12CC[C@@H](N3CCOCC3)C[C@H]1CCNC2. The van der Waals surface area contributed by atoms with Gasteiger partial charge in [-0.25, -0.2) is 9.89 Å². The van der Waals surface area contributed by atoms with E-state index >= 15 is 0 Å². The number of aromatic nitrogens is 3. The van der Waals surface area contributed by atoms with Crippen LogP contribution in [0.25, 0.3) is 0 Å². The Bertz CT molecular complexity index is 692. The van der Waals surface area contributed by atoms with Crippen molar-refractivity contribution in [3.05, 3.63) is 16.3 Å². The van der Waals surface area contributed by atoms with E-state index in [-0.39, 0.29) is 48.4 Å². The van der Waals surface area contributed by atoms with E-state index < -0.39 is 0 Å². The molecular formula is C17H30Cl2N6O3. The lowest BCUT2D eigenvalue weighted by Crippen LogP contribution is -2.60. The molecule has 3 fully saturated rings. The molecule has 0 unspecified atom stereocenters. The quantitative estimate of drug-likeness (QED) is 0.529. The molecule has 28 heavy (non-hydrogen) atoms. The molecule has 2 saturated heterocycles. The van der Waals surface area contributed by atoms with E-state index in [2.05, 4.69) is 30.7 Å². The van der Waals surface area contributed by atoms with Crippen molar-refractivity contribution < 1.29 is 9.53 Å². The van der Waals surface area contributed by atoms with Gasteiger partial charge in [0, 0.05) is 25.7 Å². The highest BCUT2D eigenvalue weighted by atomic mass is 35.5. The number of piperidine rings is 1. The largest absolute Gasteiger partial charge is 0.379 e. The summed E-state index contributed by atoms with van der Waals surface area (Å²) >= 11 is 0. The summed E-state index contributed by atoms with van der Waals surface area (Å²) in [5, 5.41) is 12.6. The number of hydrogen-bond acceptors (Lipinski definition) is 6. The maximum Gasteiger partial charge on any atom is 0.340 e. The molecule has 3 heterocycles. The van der Waals surface area contributed by atoms with Gasteiger partial charge < -0.3 is 15.4 Å². The number of aromatic amines is 2. The third kappa shape index (κ3) is 4.71. The van der Waals surface area contributed by atoms with Crippen molar-refractivity contribution in [2.45, 2.75) is 38.3 Å². The van der Waals surface area contributed by atoms with E-state index in [0.717, 1.165) is 65.1 Å². The molecule has 11 heteroatoms. The Labute approximate surface area is 176 Å². The Morgan fingerprint density at radius 2 is 2.07 bits per heavy atom. The summed E-state index contributed by atoms with van der Waals surface area (Å²) < 4.78 is 5.48. The van der Waals surface area contributed by atoms with Crippen LogP contribution < -0.4 is 16.3 Å². The number of hydrogen-bond donors (Lipinski definition) is 4. The molecule has 1 aromatic rings. The van der Waals surface area contributed by atoms with Crippen LogP contribution in [0.2, 0.25) is 0 Å². The van der Waals surface area contributed by atoms with Gasteiger partial charge in [0.05, 0.1) is 25.2 Å². The van der Waals surface area contributed by atoms with Gasteiger partial charge in [0.25, 0.3) is 0 Å². The number of amides is 1. The number of rotatable bonds is 4. The summed E-state index contributed by atoms with van der Waals surface area (Å²) in [6.07, 6.45) is 4.06. The van der Waals surface area contributed by atoms with Crippen LogP contribution in [0, 0.1) is 11.3 Å². The van der Waals surface area contributed by atoms with Gasteiger partial charge in [0.1, 0.15) is 5.82 Å². The molecule has 4 rings (SSSR count).